The third-order valence-corrected chi connectivity index (χ3v) is 6.33. The van der Waals surface area contributed by atoms with Crippen LogP contribution in [-0.4, -0.2) is 9.97 Å². The lowest BCUT2D eigenvalue weighted by atomic mass is 10.0. The molecule has 30 heavy (non-hydrogen) atoms. The molecule has 2 heterocycles. The van der Waals surface area contributed by atoms with Crippen LogP contribution in [0.5, 0.6) is 0 Å². The highest BCUT2D eigenvalue weighted by atomic mass is 35.5. The van der Waals surface area contributed by atoms with Gasteiger partial charge in [-0.15, -0.1) is 11.3 Å². The first-order valence-electron chi connectivity index (χ1n) is 9.65. The topological polar surface area (TPSA) is 37.8 Å². The molecule has 0 unspecified atom stereocenters. The molecular formula is C25H18ClN3S. The number of halogens is 1. The van der Waals surface area contributed by atoms with Crippen molar-refractivity contribution in [2.45, 2.75) is 6.54 Å². The Balaban J connectivity index is 1.49. The van der Waals surface area contributed by atoms with Gasteiger partial charge in [-0.05, 0) is 28.3 Å². The van der Waals surface area contributed by atoms with E-state index in [4.69, 9.17) is 11.6 Å². The molecule has 5 rings (SSSR count). The SMILES string of the molecule is Clc1ccccc1CNc1ncnc2scc(-c3ccc(-c4ccccc4)cc3)c12. The Morgan fingerprint density at radius 1 is 0.767 bits per heavy atom. The molecule has 3 aromatic carbocycles. The monoisotopic (exact) mass is 427 g/mol. The summed E-state index contributed by atoms with van der Waals surface area (Å²) in [6, 6.07) is 26.9. The van der Waals surface area contributed by atoms with E-state index in [1.807, 2.05) is 30.3 Å². The van der Waals surface area contributed by atoms with Crippen molar-refractivity contribution in [2.75, 3.05) is 5.32 Å². The molecule has 0 radical (unpaired) electrons. The molecule has 0 atom stereocenters. The van der Waals surface area contributed by atoms with Gasteiger partial charge in [-0.25, -0.2) is 9.97 Å². The fraction of sp³-hybridized carbons (Fsp3) is 0.0400. The molecule has 0 saturated heterocycles. The number of thiophene rings is 1. The van der Waals surface area contributed by atoms with Crippen LogP contribution in [0.1, 0.15) is 5.56 Å². The summed E-state index contributed by atoms with van der Waals surface area (Å²) in [5.74, 6) is 0.823. The summed E-state index contributed by atoms with van der Waals surface area (Å²) in [5.41, 5.74) is 5.74. The Bertz CT molecular complexity index is 1300. The molecular weight excluding hydrogens is 410 g/mol. The number of fused-ring (bicyclic) bond motifs is 1. The zero-order valence-electron chi connectivity index (χ0n) is 16.0. The Morgan fingerprint density at radius 3 is 2.27 bits per heavy atom. The zero-order valence-corrected chi connectivity index (χ0v) is 17.6. The molecule has 5 heteroatoms. The van der Waals surface area contributed by atoms with Gasteiger partial charge < -0.3 is 5.32 Å². The smallest absolute Gasteiger partial charge is 0.139 e. The molecule has 146 valence electrons. The van der Waals surface area contributed by atoms with Gasteiger partial charge in [0.1, 0.15) is 17.0 Å². The lowest BCUT2D eigenvalue weighted by molar-refractivity contribution is 1.11. The maximum Gasteiger partial charge on any atom is 0.139 e. The lowest BCUT2D eigenvalue weighted by Gasteiger charge is -2.10. The Hall–Kier alpha value is -3.21. The summed E-state index contributed by atoms with van der Waals surface area (Å²) >= 11 is 7.94. The molecule has 0 amide bonds. The normalized spacial score (nSPS) is 11.0. The molecule has 3 nitrogen and oxygen atoms in total. The van der Waals surface area contributed by atoms with E-state index in [0.29, 0.717) is 6.54 Å². The van der Waals surface area contributed by atoms with E-state index in [9.17, 15) is 0 Å². The Labute approximate surface area is 184 Å². The highest BCUT2D eigenvalue weighted by molar-refractivity contribution is 7.17. The van der Waals surface area contributed by atoms with Crippen LogP contribution in [0.3, 0.4) is 0 Å². The van der Waals surface area contributed by atoms with Gasteiger partial charge in [-0.3, -0.25) is 0 Å². The molecule has 0 aliphatic rings. The average Bonchev–Trinajstić information content (AvgIpc) is 3.24. The summed E-state index contributed by atoms with van der Waals surface area (Å²) in [5, 5.41) is 7.39. The van der Waals surface area contributed by atoms with Crippen LogP contribution in [0.15, 0.2) is 90.6 Å². The number of hydrogen-bond donors (Lipinski definition) is 1. The second kappa shape index (κ2) is 8.27. The van der Waals surface area contributed by atoms with Crippen LogP contribution in [-0.2, 0) is 6.54 Å². The van der Waals surface area contributed by atoms with E-state index >= 15 is 0 Å². The van der Waals surface area contributed by atoms with Crippen LogP contribution in [0.4, 0.5) is 5.82 Å². The zero-order chi connectivity index (χ0) is 20.3. The van der Waals surface area contributed by atoms with Crippen LogP contribution < -0.4 is 5.32 Å². The van der Waals surface area contributed by atoms with Gasteiger partial charge in [0.15, 0.2) is 0 Å². The number of hydrogen-bond acceptors (Lipinski definition) is 4. The molecule has 0 aliphatic carbocycles. The number of nitrogens with one attached hydrogen (secondary N) is 1. The van der Waals surface area contributed by atoms with Gasteiger partial charge in [0.05, 0.1) is 5.39 Å². The van der Waals surface area contributed by atoms with Crippen molar-refractivity contribution in [1.29, 1.82) is 0 Å². The van der Waals surface area contributed by atoms with Crippen molar-refractivity contribution >= 4 is 39.0 Å². The van der Waals surface area contributed by atoms with E-state index < -0.39 is 0 Å². The van der Waals surface area contributed by atoms with Gasteiger partial charge >= 0.3 is 0 Å². The minimum Gasteiger partial charge on any atom is -0.365 e. The first-order valence-corrected chi connectivity index (χ1v) is 10.9. The van der Waals surface area contributed by atoms with Gasteiger partial charge in [-0.1, -0.05) is 84.4 Å². The van der Waals surface area contributed by atoms with Crippen LogP contribution in [0, 0.1) is 0 Å². The van der Waals surface area contributed by atoms with Crippen molar-refractivity contribution < 1.29 is 0 Å². The predicted molar refractivity (Wildman–Crippen MR) is 127 cm³/mol. The molecule has 0 aliphatic heterocycles. The van der Waals surface area contributed by atoms with E-state index in [2.05, 4.69) is 69.2 Å². The Kier molecular flexibility index (Phi) is 5.18. The van der Waals surface area contributed by atoms with Crippen LogP contribution >= 0.6 is 22.9 Å². The molecule has 0 bridgehead atoms. The van der Waals surface area contributed by atoms with Crippen LogP contribution in [0.25, 0.3) is 32.5 Å². The standard InChI is InChI=1S/C25H18ClN3S/c26-22-9-5-4-8-20(22)14-27-24-23-21(15-30-25(23)29-16-28-24)19-12-10-18(11-13-19)17-6-2-1-3-7-17/h1-13,15-16H,14H2,(H,27,28,29). The maximum atomic E-state index is 6.31. The highest BCUT2D eigenvalue weighted by Gasteiger charge is 2.13. The third-order valence-electron chi connectivity index (χ3n) is 5.08. The number of benzene rings is 3. The van der Waals surface area contributed by atoms with Crippen molar-refractivity contribution in [3.05, 3.63) is 101 Å². The van der Waals surface area contributed by atoms with Crippen molar-refractivity contribution in [3.8, 4) is 22.3 Å². The summed E-state index contributed by atoms with van der Waals surface area (Å²) in [7, 11) is 0. The van der Waals surface area contributed by atoms with E-state index in [1.165, 1.54) is 11.1 Å². The minimum absolute atomic E-state index is 0.605. The summed E-state index contributed by atoms with van der Waals surface area (Å²) < 4.78 is 0. The van der Waals surface area contributed by atoms with E-state index in [1.54, 1.807) is 17.7 Å². The second-order valence-electron chi connectivity index (χ2n) is 6.94. The number of rotatable bonds is 5. The van der Waals surface area contributed by atoms with Crippen molar-refractivity contribution in [2.24, 2.45) is 0 Å². The summed E-state index contributed by atoms with van der Waals surface area (Å²) in [6.45, 7) is 0.605. The fourth-order valence-corrected chi connectivity index (χ4v) is 4.63. The molecule has 0 fully saturated rings. The van der Waals surface area contributed by atoms with E-state index in [0.717, 1.165) is 37.7 Å². The largest absolute Gasteiger partial charge is 0.365 e. The predicted octanol–water partition coefficient (Wildman–Crippen LogP) is 7.29. The van der Waals surface area contributed by atoms with Gasteiger partial charge in [0, 0.05) is 22.5 Å². The molecule has 0 saturated carbocycles. The van der Waals surface area contributed by atoms with Crippen molar-refractivity contribution in [3.63, 3.8) is 0 Å². The minimum atomic E-state index is 0.605. The lowest BCUT2D eigenvalue weighted by Crippen LogP contribution is -2.02. The van der Waals surface area contributed by atoms with Gasteiger partial charge in [-0.2, -0.15) is 0 Å². The van der Waals surface area contributed by atoms with E-state index in [-0.39, 0.29) is 0 Å². The summed E-state index contributed by atoms with van der Waals surface area (Å²) in [6.07, 6.45) is 1.61. The third kappa shape index (κ3) is 3.67. The second-order valence-corrected chi connectivity index (χ2v) is 8.21. The summed E-state index contributed by atoms with van der Waals surface area (Å²) in [4.78, 5) is 9.95. The van der Waals surface area contributed by atoms with Crippen molar-refractivity contribution in [1.82, 2.24) is 9.97 Å². The molecule has 1 N–H and O–H groups in total. The maximum absolute atomic E-state index is 6.31. The quantitative estimate of drug-likeness (QED) is 0.320. The number of aromatic nitrogens is 2. The fourth-order valence-electron chi connectivity index (χ4n) is 3.52. The van der Waals surface area contributed by atoms with Crippen LogP contribution in [0.2, 0.25) is 5.02 Å². The number of nitrogens with zero attached hydrogens (tertiary/aromatic N) is 2. The average molecular weight is 428 g/mol. The first-order chi connectivity index (χ1) is 14.8. The molecule has 5 aromatic rings. The number of anilines is 1. The van der Waals surface area contributed by atoms with Gasteiger partial charge in [0.25, 0.3) is 0 Å². The van der Waals surface area contributed by atoms with Gasteiger partial charge in [0.2, 0.25) is 0 Å². The highest BCUT2D eigenvalue weighted by Crippen LogP contribution is 2.37. The first kappa shape index (κ1) is 18.8. The molecule has 0 spiro atoms. The molecule has 2 aromatic heterocycles. The Morgan fingerprint density at radius 2 is 1.47 bits per heavy atom.